The lowest BCUT2D eigenvalue weighted by molar-refractivity contribution is 0.357. The highest BCUT2D eigenvalue weighted by Gasteiger charge is 2.13. The van der Waals surface area contributed by atoms with Gasteiger partial charge in [0.15, 0.2) is 0 Å². The van der Waals surface area contributed by atoms with Crippen molar-refractivity contribution in [3.8, 4) is 5.75 Å². The molecule has 2 aliphatic heterocycles. The molecule has 2 N–H and O–H groups in total. The normalized spacial score (nSPS) is 21.4. The first-order valence-electron chi connectivity index (χ1n) is 7.60. The third kappa shape index (κ3) is 3.48. The zero-order valence-corrected chi connectivity index (χ0v) is 11.6. The van der Waals surface area contributed by atoms with Gasteiger partial charge >= 0.3 is 0 Å². The molecule has 0 radical (unpaired) electrons. The molecule has 3 heteroatoms. The summed E-state index contributed by atoms with van der Waals surface area (Å²) < 4.78 is 5.53. The van der Waals surface area contributed by atoms with E-state index in [2.05, 4.69) is 28.8 Å². The van der Waals surface area contributed by atoms with Gasteiger partial charge in [-0.15, -0.1) is 0 Å². The van der Waals surface area contributed by atoms with Crippen LogP contribution >= 0.6 is 0 Å². The third-order valence-corrected chi connectivity index (χ3v) is 4.18. The summed E-state index contributed by atoms with van der Waals surface area (Å²) in [4.78, 5) is 0. The molecular weight excluding hydrogens is 236 g/mol. The first-order valence-corrected chi connectivity index (χ1v) is 7.60. The molecule has 1 aromatic rings. The van der Waals surface area contributed by atoms with Crippen LogP contribution in [0.1, 0.15) is 30.4 Å². The molecule has 2 heterocycles. The van der Waals surface area contributed by atoms with Crippen LogP contribution < -0.4 is 15.4 Å². The van der Waals surface area contributed by atoms with E-state index < -0.39 is 0 Å². The predicted molar refractivity (Wildman–Crippen MR) is 77.9 cm³/mol. The van der Waals surface area contributed by atoms with Crippen LogP contribution in [0.4, 0.5) is 0 Å². The van der Waals surface area contributed by atoms with Crippen LogP contribution in [-0.2, 0) is 12.8 Å². The molecule has 0 aliphatic carbocycles. The lowest BCUT2D eigenvalue weighted by atomic mass is 10.1. The summed E-state index contributed by atoms with van der Waals surface area (Å²) in [5.41, 5.74) is 2.81. The molecule has 0 bridgehead atoms. The number of fused-ring (bicyclic) bond motifs is 1. The molecule has 2 aliphatic rings. The molecule has 0 amide bonds. The molecule has 0 saturated carbocycles. The molecule has 0 aromatic heterocycles. The van der Waals surface area contributed by atoms with Crippen molar-refractivity contribution in [1.29, 1.82) is 0 Å². The van der Waals surface area contributed by atoms with Crippen molar-refractivity contribution in [1.82, 2.24) is 10.6 Å². The van der Waals surface area contributed by atoms with Crippen LogP contribution in [-0.4, -0.2) is 32.3 Å². The molecule has 104 valence electrons. The Bertz CT molecular complexity index is 413. The minimum atomic E-state index is 0.754. The fourth-order valence-corrected chi connectivity index (χ4v) is 3.03. The van der Waals surface area contributed by atoms with Gasteiger partial charge < -0.3 is 15.4 Å². The van der Waals surface area contributed by atoms with E-state index in [0.29, 0.717) is 0 Å². The van der Waals surface area contributed by atoms with Crippen LogP contribution in [0.2, 0.25) is 0 Å². The van der Waals surface area contributed by atoms with E-state index >= 15 is 0 Å². The maximum absolute atomic E-state index is 5.53. The zero-order valence-electron chi connectivity index (χ0n) is 11.6. The van der Waals surface area contributed by atoms with Crippen molar-refractivity contribution >= 4 is 0 Å². The molecule has 3 nitrogen and oxygen atoms in total. The summed E-state index contributed by atoms with van der Waals surface area (Å²) >= 11 is 0. The molecule has 19 heavy (non-hydrogen) atoms. The Kier molecular flexibility index (Phi) is 4.36. The Balaban J connectivity index is 1.35. The number of ether oxygens (including phenoxy) is 1. The lowest BCUT2D eigenvalue weighted by Gasteiger charge is -2.11. The van der Waals surface area contributed by atoms with E-state index in [4.69, 9.17) is 4.74 Å². The summed E-state index contributed by atoms with van der Waals surface area (Å²) in [7, 11) is 0. The van der Waals surface area contributed by atoms with Crippen molar-refractivity contribution < 1.29 is 4.74 Å². The SMILES string of the molecule is c1cc2c(cc1CCNCCC1CCCN1)CCO2. The monoisotopic (exact) mass is 260 g/mol. The minimum Gasteiger partial charge on any atom is -0.493 e. The Morgan fingerprint density at radius 2 is 2.32 bits per heavy atom. The molecule has 1 aromatic carbocycles. The van der Waals surface area contributed by atoms with Gasteiger partial charge in [-0.3, -0.25) is 0 Å². The Labute approximate surface area is 115 Å². The Morgan fingerprint density at radius 3 is 3.21 bits per heavy atom. The summed E-state index contributed by atoms with van der Waals surface area (Å²) in [5, 5.41) is 7.10. The smallest absolute Gasteiger partial charge is 0.122 e. The molecule has 1 atom stereocenters. The third-order valence-electron chi connectivity index (χ3n) is 4.18. The fraction of sp³-hybridized carbons (Fsp3) is 0.625. The van der Waals surface area contributed by atoms with E-state index in [-0.39, 0.29) is 0 Å². The maximum Gasteiger partial charge on any atom is 0.122 e. The second-order valence-electron chi connectivity index (χ2n) is 5.62. The first-order chi connectivity index (χ1) is 9.42. The maximum atomic E-state index is 5.53. The van der Waals surface area contributed by atoms with Crippen molar-refractivity contribution in [3.05, 3.63) is 29.3 Å². The Morgan fingerprint density at radius 1 is 1.32 bits per heavy atom. The van der Waals surface area contributed by atoms with E-state index in [9.17, 15) is 0 Å². The van der Waals surface area contributed by atoms with Gasteiger partial charge in [-0.2, -0.15) is 0 Å². The van der Waals surface area contributed by atoms with Crippen molar-refractivity contribution in [2.75, 3.05) is 26.2 Å². The number of hydrogen-bond acceptors (Lipinski definition) is 3. The highest BCUT2D eigenvalue weighted by atomic mass is 16.5. The number of nitrogens with one attached hydrogen (secondary N) is 2. The zero-order chi connectivity index (χ0) is 12.9. The van der Waals surface area contributed by atoms with Gasteiger partial charge in [-0.05, 0) is 62.5 Å². The number of hydrogen-bond donors (Lipinski definition) is 2. The van der Waals surface area contributed by atoms with Crippen LogP contribution in [0.5, 0.6) is 5.75 Å². The fourth-order valence-electron chi connectivity index (χ4n) is 3.03. The molecule has 1 saturated heterocycles. The van der Waals surface area contributed by atoms with Gasteiger partial charge in [-0.25, -0.2) is 0 Å². The van der Waals surface area contributed by atoms with E-state index in [1.807, 2.05) is 0 Å². The standard InChI is InChI=1S/C16H24N2O/c1-2-15(18-8-1)6-10-17-9-5-13-3-4-16-14(12-13)7-11-19-16/h3-4,12,15,17-18H,1-2,5-11H2. The first kappa shape index (κ1) is 12.9. The predicted octanol–water partition coefficient (Wildman–Crippen LogP) is 1.90. The molecule has 1 fully saturated rings. The Hall–Kier alpha value is -1.06. The van der Waals surface area contributed by atoms with Gasteiger partial charge in [0.2, 0.25) is 0 Å². The van der Waals surface area contributed by atoms with E-state index in [1.54, 1.807) is 0 Å². The number of rotatable bonds is 6. The summed E-state index contributed by atoms with van der Waals surface area (Å²) in [6.07, 6.45) is 6.15. The van der Waals surface area contributed by atoms with Crippen LogP contribution in [0.25, 0.3) is 0 Å². The van der Waals surface area contributed by atoms with Crippen molar-refractivity contribution in [2.24, 2.45) is 0 Å². The van der Waals surface area contributed by atoms with Crippen molar-refractivity contribution in [2.45, 2.75) is 38.1 Å². The second kappa shape index (κ2) is 6.40. The highest BCUT2D eigenvalue weighted by Crippen LogP contribution is 2.25. The van der Waals surface area contributed by atoms with Crippen LogP contribution in [0, 0.1) is 0 Å². The lowest BCUT2D eigenvalue weighted by Crippen LogP contribution is -2.28. The van der Waals surface area contributed by atoms with E-state index in [1.165, 1.54) is 36.9 Å². The summed E-state index contributed by atoms with van der Waals surface area (Å²) in [5.74, 6) is 1.09. The molecule has 1 unspecified atom stereocenters. The number of benzene rings is 1. The van der Waals surface area contributed by atoms with Gasteiger partial charge in [0.05, 0.1) is 6.61 Å². The summed E-state index contributed by atoms with van der Waals surface area (Å²) in [6.45, 7) is 4.27. The van der Waals surface area contributed by atoms with Gasteiger partial charge in [0.25, 0.3) is 0 Å². The van der Waals surface area contributed by atoms with E-state index in [0.717, 1.165) is 44.3 Å². The largest absolute Gasteiger partial charge is 0.493 e. The second-order valence-corrected chi connectivity index (χ2v) is 5.62. The minimum absolute atomic E-state index is 0.754. The van der Waals surface area contributed by atoms with Gasteiger partial charge in [0.1, 0.15) is 5.75 Å². The van der Waals surface area contributed by atoms with Crippen molar-refractivity contribution in [3.63, 3.8) is 0 Å². The molecule has 3 rings (SSSR count). The average Bonchev–Trinajstić information content (AvgIpc) is 3.08. The molecular formula is C16H24N2O. The summed E-state index contributed by atoms with van der Waals surface area (Å²) in [6, 6.07) is 7.39. The van der Waals surface area contributed by atoms with Crippen LogP contribution in [0.3, 0.4) is 0 Å². The topological polar surface area (TPSA) is 33.3 Å². The average molecular weight is 260 g/mol. The highest BCUT2D eigenvalue weighted by molar-refractivity contribution is 5.39. The van der Waals surface area contributed by atoms with Gasteiger partial charge in [-0.1, -0.05) is 12.1 Å². The van der Waals surface area contributed by atoms with Crippen LogP contribution in [0.15, 0.2) is 18.2 Å². The quantitative estimate of drug-likeness (QED) is 0.766. The van der Waals surface area contributed by atoms with Gasteiger partial charge in [0, 0.05) is 12.5 Å². The molecule has 0 spiro atoms.